The van der Waals surface area contributed by atoms with Crippen molar-refractivity contribution in [1.82, 2.24) is 4.98 Å². The summed E-state index contributed by atoms with van der Waals surface area (Å²) in [6.45, 7) is 3.67. The summed E-state index contributed by atoms with van der Waals surface area (Å²) in [6.07, 6.45) is 1.35. The third-order valence-corrected chi connectivity index (χ3v) is 3.18. The van der Waals surface area contributed by atoms with Crippen molar-refractivity contribution in [3.05, 3.63) is 24.0 Å². The van der Waals surface area contributed by atoms with E-state index in [1.807, 2.05) is 13.8 Å². The van der Waals surface area contributed by atoms with Crippen molar-refractivity contribution >= 4 is 17.1 Å². The molecule has 0 aliphatic carbocycles. The molecule has 4 nitrogen and oxygen atoms in total. The average Bonchev–Trinajstić information content (AvgIpc) is 2.16. The first-order chi connectivity index (χ1) is 6.52. The minimum absolute atomic E-state index is 0.00692. The Kier molecular flexibility index (Phi) is 3.49. The van der Waals surface area contributed by atoms with E-state index in [2.05, 4.69) is 4.98 Å². The second-order valence-electron chi connectivity index (χ2n) is 3.03. The largest absolute Gasteiger partial charge is 0.611 e. The van der Waals surface area contributed by atoms with Gasteiger partial charge in [-0.05, 0) is 37.2 Å². The van der Waals surface area contributed by atoms with Crippen molar-refractivity contribution < 1.29 is 14.5 Å². The maximum atomic E-state index is 11.5. The first-order valence-electron chi connectivity index (χ1n) is 4.12. The Morgan fingerprint density at radius 2 is 2.21 bits per heavy atom. The molecule has 0 saturated carbocycles. The van der Waals surface area contributed by atoms with Crippen molar-refractivity contribution in [2.75, 3.05) is 0 Å². The highest BCUT2D eigenvalue weighted by Gasteiger charge is 2.16. The van der Waals surface area contributed by atoms with Crippen LogP contribution >= 0.6 is 0 Å². The molecule has 0 aromatic carbocycles. The molecule has 1 aromatic heterocycles. The van der Waals surface area contributed by atoms with Gasteiger partial charge >= 0.3 is 5.97 Å². The summed E-state index contributed by atoms with van der Waals surface area (Å²) in [4.78, 5) is 14.7. The van der Waals surface area contributed by atoms with Crippen LogP contribution in [0.15, 0.2) is 23.2 Å². The lowest BCUT2D eigenvalue weighted by atomic mass is 10.4. The minimum Gasteiger partial charge on any atom is -0.611 e. The summed E-state index contributed by atoms with van der Waals surface area (Å²) < 4.78 is 11.5. The van der Waals surface area contributed by atoms with Crippen molar-refractivity contribution in [2.24, 2.45) is 0 Å². The number of carbonyl (C=O) groups is 1. The number of hydrogen-bond donors (Lipinski definition) is 1. The monoisotopic (exact) mass is 213 g/mol. The molecule has 0 bridgehead atoms. The van der Waals surface area contributed by atoms with Gasteiger partial charge in [-0.1, -0.05) is 0 Å². The van der Waals surface area contributed by atoms with Crippen LogP contribution in [0.5, 0.6) is 0 Å². The number of aromatic carboxylic acids is 1. The normalized spacial score (nSPS) is 12.9. The fourth-order valence-electron chi connectivity index (χ4n) is 0.898. The number of carboxylic acids is 1. The molecule has 1 rings (SSSR count). The second-order valence-corrected chi connectivity index (χ2v) is 5.04. The van der Waals surface area contributed by atoms with Gasteiger partial charge in [0.25, 0.3) is 0 Å². The van der Waals surface area contributed by atoms with Gasteiger partial charge in [-0.25, -0.2) is 9.78 Å². The van der Waals surface area contributed by atoms with E-state index in [1.165, 1.54) is 18.3 Å². The quantitative estimate of drug-likeness (QED) is 0.768. The lowest BCUT2D eigenvalue weighted by Gasteiger charge is -2.13. The Balaban J connectivity index is 2.88. The molecule has 14 heavy (non-hydrogen) atoms. The zero-order valence-electron chi connectivity index (χ0n) is 7.93. The van der Waals surface area contributed by atoms with Crippen LogP contribution in [0.2, 0.25) is 0 Å². The Hall–Kier alpha value is -1.07. The average molecular weight is 213 g/mol. The Bertz CT molecular complexity index is 323. The summed E-state index contributed by atoms with van der Waals surface area (Å²) in [5, 5.41) is 8.59. The van der Waals surface area contributed by atoms with Crippen LogP contribution in [0, 0.1) is 0 Å². The summed E-state index contributed by atoms with van der Waals surface area (Å²) in [6, 6.07) is 2.89. The lowest BCUT2D eigenvalue weighted by Crippen LogP contribution is -2.14. The van der Waals surface area contributed by atoms with Crippen LogP contribution in [-0.4, -0.2) is 25.9 Å². The second kappa shape index (κ2) is 4.43. The molecule has 0 saturated heterocycles. The number of nitrogens with zero attached hydrogens (tertiary/aromatic N) is 1. The van der Waals surface area contributed by atoms with Crippen LogP contribution in [-0.2, 0) is 11.2 Å². The first kappa shape index (κ1) is 11.0. The molecule has 1 N–H and O–H groups in total. The van der Waals surface area contributed by atoms with Crippen LogP contribution in [0.4, 0.5) is 0 Å². The number of hydrogen-bond acceptors (Lipinski definition) is 3. The van der Waals surface area contributed by atoms with Gasteiger partial charge in [-0.15, -0.1) is 0 Å². The summed E-state index contributed by atoms with van der Waals surface area (Å²) >= 11 is -1.11. The number of rotatable bonds is 3. The standard InChI is InChI=1S/C9H11NO3S/c1-6(2)14(13)7-3-4-8(9(11)12)10-5-7/h3-6H,1-2H3,(H,11,12). The van der Waals surface area contributed by atoms with Gasteiger partial charge in [0, 0.05) is 0 Å². The molecule has 0 aliphatic heterocycles. The predicted octanol–water partition coefficient (Wildman–Crippen LogP) is 1.30. The van der Waals surface area contributed by atoms with Crippen LogP contribution in [0.1, 0.15) is 24.3 Å². The van der Waals surface area contributed by atoms with Gasteiger partial charge in [0.15, 0.2) is 4.90 Å². The maximum absolute atomic E-state index is 11.5. The van der Waals surface area contributed by atoms with E-state index in [0.717, 1.165) is 0 Å². The molecule has 0 amide bonds. The molecule has 0 radical (unpaired) electrons. The van der Waals surface area contributed by atoms with Crippen molar-refractivity contribution in [1.29, 1.82) is 0 Å². The van der Waals surface area contributed by atoms with E-state index in [4.69, 9.17) is 5.11 Å². The maximum Gasteiger partial charge on any atom is 0.354 e. The fourth-order valence-corrected chi connectivity index (χ4v) is 1.80. The molecular formula is C9H11NO3S. The zero-order valence-corrected chi connectivity index (χ0v) is 8.75. The molecule has 5 heteroatoms. The molecule has 1 aromatic rings. The van der Waals surface area contributed by atoms with Gasteiger partial charge in [0.2, 0.25) is 0 Å². The van der Waals surface area contributed by atoms with Crippen LogP contribution < -0.4 is 0 Å². The van der Waals surface area contributed by atoms with Crippen LogP contribution in [0.25, 0.3) is 0 Å². The van der Waals surface area contributed by atoms with E-state index in [-0.39, 0.29) is 10.9 Å². The molecule has 0 spiro atoms. The molecule has 76 valence electrons. The molecule has 1 unspecified atom stereocenters. The molecule has 0 aliphatic rings. The van der Waals surface area contributed by atoms with Gasteiger partial charge in [0.1, 0.15) is 10.9 Å². The smallest absolute Gasteiger partial charge is 0.354 e. The topological polar surface area (TPSA) is 73.2 Å². The Morgan fingerprint density at radius 3 is 2.57 bits per heavy atom. The molecule has 0 fully saturated rings. The third kappa shape index (κ3) is 2.46. The molecule has 1 heterocycles. The first-order valence-corrected chi connectivity index (χ1v) is 5.33. The number of carboxylic acid groups (broad SMARTS) is 1. The van der Waals surface area contributed by atoms with E-state index in [0.29, 0.717) is 4.90 Å². The van der Waals surface area contributed by atoms with Gasteiger partial charge < -0.3 is 9.66 Å². The van der Waals surface area contributed by atoms with Crippen LogP contribution in [0.3, 0.4) is 0 Å². The number of pyridine rings is 1. The summed E-state index contributed by atoms with van der Waals surface area (Å²) in [5.74, 6) is -1.08. The van der Waals surface area contributed by atoms with Gasteiger partial charge in [-0.2, -0.15) is 0 Å². The Morgan fingerprint density at radius 1 is 1.57 bits per heavy atom. The lowest BCUT2D eigenvalue weighted by molar-refractivity contribution is 0.0690. The highest BCUT2D eigenvalue weighted by Crippen LogP contribution is 2.14. The molecule has 1 atom stereocenters. The summed E-state index contributed by atoms with van der Waals surface area (Å²) in [5.41, 5.74) is -0.0329. The number of aromatic nitrogens is 1. The Labute approximate surface area is 85.2 Å². The zero-order chi connectivity index (χ0) is 10.7. The van der Waals surface area contributed by atoms with Crippen molar-refractivity contribution in [3.8, 4) is 0 Å². The SMILES string of the molecule is CC(C)[S+]([O-])c1ccc(C(=O)O)nc1. The molecular weight excluding hydrogens is 202 g/mol. The fraction of sp³-hybridized carbons (Fsp3) is 0.333. The van der Waals surface area contributed by atoms with E-state index in [9.17, 15) is 9.35 Å². The predicted molar refractivity (Wildman–Crippen MR) is 52.7 cm³/mol. The van der Waals surface area contributed by atoms with Gasteiger partial charge in [0.05, 0.1) is 6.20 Å². The van der Waals surface area contributed by atoms with Crippen molar-refractivity contribution in [2.45, 2.75) is 24.0 Å². The van der Waals surface area contributed by atoms with Gasteiger partial charge in [-0.3, -0.25) is 0 Å². The van der Waals surface area contributed by atoms with E-state index >= 15 is 0 Å². The van der Waals surface area contributed by atoms with E-state index in [1.54, 1.807) is 0 Å². The van der Waals surface area contributed by atoms with Crippen molar-refractivity contribution in [3.63, 3.8) is 0 Å². The van der Waals surface area contributed by atoms with E-state index < -0.39 is 17.1 Å². The highest BCUT2D eigenvalue weighted by atomic mass is 32.2. The summed E-state index contributed by atoms with van der Waals surface area (Å²) in [7, 11) is 0. The third-order valence-electron chi connectivity index (χ3n) is 1.62. The minimum atomic E-state index is -1.11. The highest BCUT2D eigenvalue weighted by molar-refractivity contribution is 7.92.